The molecule has 1 rings (SSSR count). The average molecular weight is 262 g/mol. The van der Waals surface area contributed by atoms with E-state index in [4.69, 9.17) is 14.7 Å². The molecule has 1 fully saturated rings. The molecule has 0 saturated carbocycles. The van der Waals surface area contributed by atoms with E-state index >= 15 is 0 Å². The lowest BCUT2D eigenvalue weighted by Crippen LogP contribution is -2.36. The van der Waals surface area contributed by atoms with E-state index in [2.05, 4.69) is 29.4 Å². The fourth-order valence-corrected chi connectivity index (χ4v) is 1.65. The average Bonchev–Trinajstić information content (AvgIpc) is 2.40. The quantitative estimate of drug-likeness (QED) is 0.429. The highest BCUT2D eigenvalue weighted by Crippen LogP contribution is 2.18. The van der Waals surface area contributed by atoms with E-state index in [0.29, 0.717) is 19.6 Å². The molecule has 0 aromatic carbocycles. The van der Waals surface area contributed by atoms with Crippen LogP contribution in [0, 0.1) is 23.2 Å². The third-order valence-electron chi connectivity index (χ3n) is 3.15. The molecule has 0 aliphatic carbocycles. The summed E-state index contributed by atoms with van der Waals surface area (Å²) in [6.45, 7) is 12.2. The first kappa shape index (κ1) is 15.7. The van der Waals surface area contributed by atoms with Gasteiger partial charge in [-0.15, -0.1) is 0 Å². The summed E-state index contributed by atoms with van der Waals surface area (Å²) in [5.74, 6) is 6.29. The van der Waals surface area contributed by atoms with Crippen molar-refractivity contribution in [3.8, 4) is 17.9 Å². The topological polar surface area (TPSA) is 45.5 Å². The lowest BCUT2D eigenvalue weighted by Gasteiger charge is -2.26. The molecule has 0 radical (unpaired) electrons. The zero-order chi connectivity index (χ0) is 14.1. The molecule has 1 atom stereocenters. The summed E-state index contributed by atoms with van der Waals surface area (Å²) in [6, 6.07) is 2.06. The highest BCUT2D eigenvalue weighted by Gasteiger charge is 2.23. The molecule has 0 aromatic heterocycles. The molecule has 4 heteroatoms. The molecule has 0 spiro atoms. The predicted molar refractivity (Wildman–Crippen MR) is 74.4 cm³/mol. The Balaban J connectivity index is 2.52. The lowest BCUT2D eigenvalue weighted by molar-refractivity contribution is 0.0414. The van der Waals surface area contributed by atoms with Crippen molar-refractivity contribution in [2.75, 3.05) is 39.5 Å². The van der Waals surface area contributed by atoms with Gasteiger partial charge in [-0.3, -0.25) is 4.90 Å². The minimum Gasteiger partial charge on any atom is -0.379 e. The van der Waals surface area contributed by atoms with Gasteiger partial charge in [-0.05, 0) is 19.4 Å². The van der Waals surface area contributed by atoms with Gasteiger partial charge in [-0.2, -0.15) is 5.26 Å². The molecule has 1 unspecified atom stereocenters. The number of nitriles is 1. The zero-order valence-corrected chi connectivity index (χ0v) is 11.9. The van der Waals surface area contributed by atoms with Crippen LogP contribution in [0.4, 0.5) is 0 Å². The molecule has 104 valence electrons. The van der Waals surface area contributed by atoms with E-state index in [1.807, 2.05) is 13.8 Å². The summed E-state index contributed by atoms with van der Waals surface area (Å²) in [7, 11) is 0. The summed E-state index contributed by atoms with van der Waals surface area (Å²) >= 11 is 0. The van der Waals surface area contributed by atoms with Crippen LogP contribution in [0.3, 0.4) is 0 Å². The number of hydrogen-bond acceptors (Lipinski definition) is 4. The molecule has 0 N–H and O–H groups in total. The zero-order valence-electron chi connectivity index (χ0n) is 11.9. The molecule has 19 heavy (non-hydrogen) atoms. The Labute approximate surface area is 116 Å². The highest BCUT2D eigenvalue weighted by molar-refractivity contribution is 5.27. The second-order valence-corrected chi connectivity index (χ2v) is 4.76. The molecule has 1 aliphatic heterocycles. The van der Waals surface area contributed by atoms with Crippen molar-refractivity contribution in [2.24, 2.45) is 0 Å². The van der Waals surface area contributed by atoms with Gasteiger partial charge < -0.3 is 9.47 Å². The Morgan fingerprint density at radius 2 is 2.16 bits per heavy atom. The Bertz CT molecular complexity index is 397. The Morgan fingerprint density at radius 3 is 2.74 bits per heavy atom. The van der Waals surface area contributed by atoms with Crippen LogP contribution in [-0.4, -0.2) is 50.0 Å². The second-order valence-electron chi connectivity index (χ2n) is 4.76. The molecule has 4 nitrogen and oxygen atoms in total. The summed E-state index contributed by atoms with van der Waals surface area (Å²) in [4.78, 5) is 2.25. The van der Waals surface area contributed by atoms with Crippen molar-refractivity contribution in [2.45, 2.75) is 25.9 Å². The number of hydrogen-bond donors (Lipinski definition) is 0. The van der Waals surface area contributed by atoms with Crippen molar-refractivity contribution >= 4 is 0 Å². The van der Waals surface area contributed by atoms with E-state index < -0.39 is 5.60 Å². The highest BCUT2D eigenvalue weighted by atomic mass is 16.5. The van der Waals surface area contributed by atoms with Crippen LogP contribution < -0.4 is 0 Å². The fraction of sp³-hybridized carbons (Fsp3) is 0.667. The SMILES string of the molecule is C=C(C)C(C)(C#CCN1CCOCC1)OCCC#N. The first-order chi connectivity index (χ1) is 9.08. The minimum absolute atomic E-state index is 0.369. The van der Waals surface area contributed by atoms with Gasteiger partial charge in [0.25, 0.3) is 0 Å². The molecular formula is C15H22N2O2. The summed E-state index contributed by atoms with van der Waals surface area (Å²) in [5, 5.41) is 8.54. The van der Waals surface area contributed by atoms with Crippen LogP contribution in [0.5, 0.6) is 0 Å². The second kappa shape index (κ2) is 7.96. The van der Waals surface area contributed by atoms with Gasteiger partial charge in [0.2, 0.25) is 0 Å². The fourth-order valence-electron chi connectivity index (χ4n) is 1.65. The summed E-state index contributed by atoms with van der Waals surface area (Å²) in [5.41, 5.74) is 0.197. The number of morpholine rings is 1. The predicted octanol–water partition coefficient (Wildman–Crippen LogP) is 1.59. The molecule has 0 bridgehead atoms. The van der Waals surface area contributed by atoms with Crippen molar-refractivity contribution < 1.29 is 9.47 Å². The van der Waals surface area contributed by atoms with Gasteiger partial charge in [-0.25, -0.2) is 0 Å². The van der Waals surface area contributed by atoms with E-state index in [1.54, 1.807) is 0 Å². The monoisotopic (exact) mass is 262 g/mol. The third kappa shape index (κ3) is 5.44. The van der Waals surface area contributed by atoms with Gasteiger partial charge in [0.05, 0.1) is 38.9 Å². The molecule has 1 saturated heterocycles. The van der Waals surface area contributed by atoms with Crippen LogP contribution in [0.2, 0.25) is 0 Å². The number of ether oxygens (including phenoxy) is 2. The first-order valence-electron chi connectivity index (χ1n) is 6.55. The number of rotatable bonds is 5. The van der Waals surface area contributed by atoms with Crippen LogP contribution in [0.1, 0.15) is 20.3 Å². The van der Waals surface area contributed by atoms with E-state index in [0.717, 1.165) is 31.9 Å². The Kier molecular flexibility index (Phi) is 6.59. The van der Waals surface area contributed by atoms with Crippen LogP contribution >= 0.6 is 0 Å². The van der Waals surface area contributed by atoms with Gasteiger partial charge in [-0.1, -0.05) is 18.4 Å². The molecule has 1 heterocycles. The molecule has 0 amide bonds. The van der Waals surface area contributed by atoms with Crippen molar-refractivity contribution in [1.82, 2.24) is 4.90 Å². The number of nitrogens with zero attached hydrogens (tertiary/aromatic N) is 2. The van der Waals surface area contributed by atoms with Gasteiger partial charge in [0, 0.05) is 13.1 Å². The lowest BCUT2D eigenvalue weighted by atomic mass is 9.99. The summed E-state index contributed by atoms with van der Waals surface area (Å²) < 4.78 is 11.0. The van der Waals surface area contributed by atoms with Crippen LogP contribution in [-0.2, 0) is 9.47 Å². The normalized spacial score (nSPS) is 18.8. The Hall–Kier alpha value is -1.33. The van der Waals surface area contributed by atoms with Gasteiger partial charge in [0.15, 0.2) is 0 Å². The van der Waals surface area contributed by atoms with E-state index in [1.165, 1.54) is 0 Å². The maximum Gasteiger partial charge on any atom is 0.146 e. The Morgan fingerprint density at radius 1 is 1.47 bits per heavy atom. The molecular weight excluding hydrogens is 240 g/mol. The van der Waals surface area contributed by atoms with Crippen molar-refractivity contribution in [3.05, 3.63) is 12.2 Å². The smallest absolute Gasteiger partial charge is 0.146 e. The van der Waals surface area contributed by atoms with Crippen molar-refractivity contribution in [1.29, 1.82) is 5.26 Å². The van der Waals surface area contributed by atoms with Crippen LogP contribution in [0.15, 0.2) is 12.2 Å². The maximum absolute atomic E-state index is 8.54. The molecule has 1 aliphatic rings. The first-order valence-corrected chi connectivity index (χ1v) is 6.55. The standard InChI is InChI=1S/C15H22N2O2/c1-14(2)15(3,19-11-5-7-16)6-4-8-17-9-12-18-13-10-17/h1,5,8-13H2,2-3H3. The minimum atomic E-state index is -0.664. The maximum atomic E-state index is 8.54. The van der Waals surface area contributed by atoms with E-state index in [9.17, 15) is 0 Å². The van der Waals surface area contributed by atoms with Gasteiger partial charge >= 0.3 is 0 Å². The molecule has 0 aromatic rings. The van der Waals surface area contributed by atoms with Gasteiger partial charge in [0.1, 0.15) is 5.60 Å². The summed E-state index contributed by atoms with van der Waals surface area (Å²) in [6.07, 6.45) is 0.369. The largest absolute Gasteiger partial charge is 0.379 e. The van der Waals surface area contributed by atoms with Crippen molar-refractivity contribution in [3.63, 3.8) is 0 Å². The third-order valence-corrected chi connectivity index (χ3v) is 3.15. The van der Waals surface area contributed by atoms with E-state index in [-0.39, 0.29) is 0 Å². The van der Waals surface area contributed by atoms with Crippen LogP contribution in [0.25, 0.3) is 0 Å².